The summed E-state index contributed by atoms with van der Waals surface area (Å²) in [5.41, 5.74) is -4.17. The van der Waals surface area contributed by atoms with Crippen molar-refractivity contribution in [3.05, 3.63) is 29.8 Å². The molecule has 268 valence electrons. The second-order valence-electron chi connectivity index (χ2n) is 16.0. The van der Waals surface area contributed by atoms with Crippen molar-refractivity contribution in [1.82, 2.24) is 4.90 Å². The minimum absolute atomic E-state index is 0.0358. The van der Waals surface area contributed by atoms with E-state index < -0.39 is 46.1 Å². The van der Waals surface area contributed by atoms with E-state index in [-0.39, 0.29) is 84.5 Å². The van der Waals surface area contributed by atoms with Gasteiger partial charge in [0.05, 0.1) is 48.3 Å². The lowest BCUT2D eigenvalue weighted by molar-refractivity contribution is -0.320. The number of hydrogen-bond donors (Lipinski definition) is 2. The molecule has 14 atom stereocenters. The number of aliphatic hydroxyl groups is 2. The fourth-order valence-electron chi connectivity index (χ4n) is 13.2. The molecule has 1 aromatic rings. The van der Waals surface area contributed by atoms with Crippen molar-refractivity contribution in [2.45, 2.75) is 87.6 Å². The third-order valence-electron chi connectivity index (χ3n) is 14.5. The Balaban J connectivity index is 1.23. The number of nitrogens with zero attached hydrogens (tertiary/aromatic N) is 2. The Labute approximate surface area is 287 Å². The summed E-state index contributed by atoms with van der Waals surface area (Å²) in [6, 6.07) is 6.12. The first kappa shape index (κ1) is 33.7. The zero-order chi connectivity index (χ0) is 34.8. The number of rotatable bonds is 9. The van der Waals surface area contributed by atoms with Gasteiger partial charge in [-0.3, -0.25) is 14.5 Å². The third-order valence-corrected chi connectivity index (χ3v) is 14.5. The molecular weight excluding hydrogens is 632 g/mol. The number of anilines is 1. The average Bonchev–Trinajstić information content (AvgIpc) is 3.63. The van der Waals surface area contributed by atoms with E-state index in [1.807, 2.05) is 0 Å². The monoisotopic (exact) mass is 682 g/mol. The molecule has 1 spiro atoms. The number of carbonyl (C=O) groups is 3. The highest BCUT2D eigenvalue weighted by atomic mass is 16.5. The van der Waals surface area contributed by atoms with Gasteiger partial charge in [-0.2, -0.15) is 0 Å². The summed E-state index contributed by atoms with van der Waals surface area (Å²) in [6.07, 6.45) is 0.813. The number of methoxy groups -OCH3 is 4. The second-order valence-corrected chi connectivity index (χ2v) is 16.0. The quantitative estimate of drug-likeness (QED) is 0.292. The first-order valence-electron chi connectivity index (χ1n) is 17.9. The van der Waals surface area contributed by atoms with Crippen LogP contribution in [0, 0.1) is 40.4 Å². The van der Waals surface area contributed by atoms with E-state index >= 15 is 0 Å². The lowest BCUT2D eigenvalue weighted by Crippen LogP contribution is -2.82. The van der Waals surface area contributed by atoms with Gasteiger partial charge in [0.15, 0.2) is 0 Å². The van der Waals surface area contributed by atoms with Gasteiger partial charge in [-0.05, 0) is 43.9 Å². The summed E-state index contributed by atoms with van der Waals surface area (Å²) < 4.78 is 31.4. The Kier molecular flexibility index (Phi) is 7.75. The number of imide groups is 1. The lowest BCUT2D eigenvalue weighted by Gasteiger charge is -2.70. The highest BCUT2D eigenvalue weighted by molar-refractivity contribution is 6.22. The maximum absolute atomic E-state index is 14.1. The zero-order valence-corrected chi connectivity index (χ0v) is 29.3. The molecule has 2 amide bonds. The first-order valence-corrected chi connectivity index (χ1v) is 17.9. The molecule has 5 saturated carbocycles. The fourth-order valence-corrected chi connectivity index (χ4v) is 13.2. The molecule has 8 rings (SSSR count). The van der Waals surface area contributed by atoms with Crippen LogP contribution in [0.25, 0.3) is 0 Å². The molecule has 7 bridgehead atoms. The number of amides is 2. The van der Waals surface area contributed by atoms with Gasteiger partial charge in [-0.15, -0.1) is 0 Å². The van der Waals surface area contributed by atoms with Crippen LogP contribution in [0.3, 0.4) is 0 Å². The normalized spacial score (nSPS) is 48.0. The van der Waals surface area contributed by atoms with Gasteiger partial charge in [0, 0.05) is 82.3 Å². The molecule has 5 aliphatic carbocycles. The molecule has 7 aliphatic rings. The van der Waals surface area contributed by atoms with Crippen molar-refractivity contribution in [1.29, 1.82) is 0 Å². The number of hydrogen-bond acceptors (Lipinski definition) is 11. The number of ether oxygens (including phenoxy) is 5. The minimum atomic E-state index is -1.70. The SMILES string of the molecule is CCN1C[C@@]2(COC(=O)c3ccccc3N3C(=O)C[C@H](C)C3=O)CC[C@@H](OC)[C@@]34[C@@H]5C[C@@H]6[C@H](OC)[C@@H]5[C@@](O)(C[C@H]6OC)[C@@](O)([C@H](OC)[C@H]23)[C@@H]14. The summed E-state index contributed by atoms with van der Waals surface area (Å²) in [6.45, 7) is 4.95. The molecule has 12 nitrogen and oxygen atoms in total. The van der Waals surface area contributed by atoms with Gasteiger partial charge in [-0.25, -0.2) is 9.69 Å². The van der Waals surface area contributed by atoms with Crippen molar-refractivity contribution in [3.8, 4) is 0 Å². The summed E-state index contributed by atoms with van der Waals surface area (Å²) in [5.74, 6) is -2.47. The molecule has 1 aromatic carbocycles. The number of carbonyl (C=O) groups excluding carboxylic acids is 3. The van der Waals surface area contributed by atoms with E-state index in [0.717, 1.165) is 11.3 Å². The Hall–Kier alpha value is -2.45. The highest BCUT2D eigenvalue weighted by Crippen LogP contribution is 2.80. The molecule has 0 unspecified atom stereocenters. The predicted octanol–water partition coefficient (Wildman–Crippen LogP) is 2.04. The number of likely N-dealkylation sites (tertiary alicyclic amines) is 1. The smallest absolute Gasteiger partial charge is 0.340 e. The van der Waals surface area contributed by atoms with E-state index in [1.54, 1.807) is 59.6 Å². The van der Waals surface area contributed by atoms with Crippen LogP contribution in [-0.2, 0) is 33.3 Å². The largest absolute Gasteiger partial charge is 0.461 e. The molecule has 49 heavy (non-hydrogen) atoms. The fraction of sp³-hybridized carbons (Fsp3) is 0.757. The number of benzene rings is 1. The summed E-state index contributed by atoms with van der Waals surface area (Å²) in [4.78, 5) is 43.3. The minimum Gasteiger partial charge on any atom is -0.461 e. The van der Waals surface area contributed by atoms with Crippen molar-refractivity contribution in [2.75, 3.05) is 53.0 Å². The van der Waals surface area contributed by atoms with E-state index in [0.29, 0.717) is 25.9 Å². The van der Waals surface area contributed by atoms with Crippen molar-refractivity contribution in [2.24, 2.45) is 40.4 Å². The Bertz CT molecular complexity index is 1560. The van der Waals surface area contributed by atoms with Gasteiger partial charge in [0.2, 0.25) is 11.8 Å². The van der Waals surface area contributed by atoms with Crippen LogP contribution in [0.4, 0.5) is 5.69 Å². The van der Waals surface area contributed by atoms with Gasteiger partial charge >= 0.3 is 5.97 Å². The van der Waals surface area contributed by atoms with E-state index in [4.69, 9.17) is 23.7 Å². The molecule has 2 heterocycles. The molecule has 0 radical (unpaired) electrons. The van der Waals surface area contributed by atoms with Crippen molar-refractivity contribution >= 4 is 23.5 Å². The van der Waals surface area contributed by atoms with Crippen LogP contribution < -0.4 is 4.90 Å². The Morgan fingerprint density at radius 1 is 1.04 bits per heavy atom. The third kappa shape index (κ3) is 3.86. The topological polar surface area (TPSA) is 144 Å². The average molecular weight is 683 g/mol. The van der Waals surface area contributed by atoms with Crippen LogP contribution in [0.15, 0.2) is 24.3 Å². The van der Waals surface area contributed by atoms with Crippen LogP contribution in [0.5, 0.6) is 0 Å². The van der Waals surface area contributed by atoms with Crippen LogP contribution in [0.2, 0.25) is 0 Å². The second kappa shape index (κ2) is 11.3. The van der Waals surface area contributed by atoms with Crippen LogP contribution >= 0.6 is 0 Å². The summed E-state index contributed by atoms with van der Waals surface area (Å²) >= 11 is 0. The number of para-hydroxylation sites is 1. The van der Waals surface area contributed by atoms with Gasteiger partial charge in [0.1, 0.15) is 11.2 Å². The molecule has 2 aliphatic heterocycles. The lowest BCUT2D eigenvalue weighted by atomic mass is 9.42. The van der Waals surface area contributed by atoms with E-state index in [2.05, 4.69) is 11.8 Å². The summed E-state index contributed by atoms with van der Waals surface area (Å²) in [5, 5.41) is 26.6. The Morgan fingerprint density at radius 3 is 2.43 bits per heavy atom. The van der Waals surface area contributed by atoms with Crippen molar-refractivity contribution in [3.63, 3.8) is 0 Å². The van der Waals surface area contributed by atoms with Crippen molar-refractivity contribution < 1.29 is 48.3 Å². The highest BCUT2D eigenvalue weighted by Gasteiger charge is 2.91. The first-order chi connectivity index (χ1) is 23.4. The zero-order valence-electron chi connectivity index (χ0n) is 29.3. The van der Waals surface area contributed by atoms with E-state index in [9.17, 15) is 24.6 Å². The molecule has 0 aromatic heterocycles. The number of fused-ring (bicyclic) bond motifs is 2. The molecular formula is C37H50N2O10. The molecule has 7 fully saturated rings. The molecule has 12 heteroatoms. The Morgan fingerprint density at radius 2 is 1.80 bits per heavy atom. The number of piperidine rings is 1. The van der Waals surface area contributed by atoms with Crippen LogP contribution in [-0.4, -0.2) is 123 Å². The molecule has 2 N–H and O–H groups in total. The number of esters is 1. The van der Waals surface area contributed by atoms with Crippen LogP contribution in [0.1, 0.15) is 56.3 Å². The standard InChI is InChI=1S/C37H50N2O10/c1-7-38-17-34(18-49-32(42)20-10-8-9-11-23(20)39-26(40)14-19(2)31(39)41)13-12-25(46-4)36-22-15-21-24(45-3)16-35(43,27(22)28(21)47-5)37(44,33(36)38)30(48-6)29(34)36/h8-11,19,21-22,24-25,27-30,33,43-44H,7,12-18H2,1-6H3/t19-,21-,22+,24+,25+,27+,28-,29+,30+,33-,34+,35-,36-,37+/m0/s1. The van der Waals surface area contributed by atoms with Gasteiger partial charge in [0.25, 0.3) is 0 Å². The summed E-state index contributed by atoms with van der Waals surface area (Å²) in [7, 11) is 6.70. The maximum atomic E-state index is 14.1. The molecule has 2 saturated heterocycles. The van der Waals surface area contributed by atoms with Gasteiger partial charge in [-0.1, -0.05) is 26.0 Å². The van der Waals surface area contributed by atoms with E-state index in [1.165, 1.54) is 0 Å². The number of likely N-dealkylation sites (N-methyl/N-ethyl adjacent to an activating group) is 1. The maximum Gasteiger partial charge on any atom is 0.340 e. The predicted molar refractivity (Wildman–Crippen MR) is 174 cm³/mol. The van der Waals surface area contributed by atoms with Gasteiger partial charge < -0.3 is 33.9 Å².